The number of nitrogens with one attached hydrogen (secondary N) is 1. The van der Waals surface area contributed by atoms with Gasteiger partial charge >= 0.3 is 0 Å². The van der Waals surface area contributed by atoms with E-state index in [-0.39, 0.29) is 0 Å². The summed E-state index contributed by atoms with van der Waals surface area (Å²) in [6.45, 7) is 7.60. The molecule has 0 saturated carbocycles. The van der Waals surface area contributed by atoms with Crippen LogP contribution in [0.25, 0.3) is 0 Å². The van der Waals surface area contributed by atoms with Crippen LogP contribution in [0.15, 0.2) is 0 Å². The molecule has 0 aromatic rings. The van der Waals surface area contributed by atoms with Crippen molar-refractivity contribution < 1.29 is 4.74 Å². The summed E-state index contributed by atoms with van der Waals surface area (Å²) in [5.41, 5.74) is 0. The standard InChI is InChI=1S/C13H27NO/c1-3-5-7-12(4-2)10-15-11-13-8-6-9-14-13/h12-14H,3-11H2,1-2H3. The lowest BCUT2D eigenvalue weighted by Gasteiger charge is -2.16. The Balaban J connectivity index is 2.00. The van der Waals surface area contributed by atoms with Gasteiger partial charge in [0.05, 0.1) is 6.61 Å². The van der Waals surface area contributed by atoms with E-state index in [0.29, 0.717) is 6.04 Å². The fraction of sp³-hybridized carbons (Fsp3) is 1.00. The number of hydrogen-bond donors (Lipinski definition) is 1. The maximum Gasteiger partial charge on any atom is 0.0619 e. The van der Waals surface area contributed by atoms with Gasteiger partial charge in [0.25, 0.3) is 0 Å². The molecule has 0 radical (unpaired) electrons. The number of hydrogen-bond acceptors (Lipinski definition) is 2. The predicted octanol–water partition coefficient (Wildman–Crippen LogP) is 2.97. The highest BCUT2D eigenvalue weighted by molar-refractivity contribution is 4.73. The second-order valence-electron chi connectivity index (χ2n) is 4.75. The summed E-state index contributed by atoms with van der Waals surface area (Å²) in [6, 6.07) is 0.633. The molecule has 1 heterocycles. The summed E-state index contributed by atoms with van der Waals surface area (Å²) in [5, 5.41) is 3.47. The number of unbranched alkanes of at least 4 members (excludes halogenated alkanes) is 1. The third-order valence-electron chi connectivity index (χ3n) is 3.38. The third-order valence-corrected chi connectivity index (χ3v) is 3.38. The van der Waals surface area contributed by atoms with E-state index in [1.165, 1.54) is 45.1 Å². The van der Waals surface area contributed by atoms with Gasteiger partial charge in [-0.25, -0.2) is 0 Å². The van der Waals surface area contributed by atoms with Crippen molar-refractivity contribution in [3.63, 3.8) is 0 Å². The first kappa shape index (κ1) is 13.0. The van der Waals surface area contributed by atoms with Crippen LogP contribution in [-0.2, 0) is 4.74 Å². The molecule has 15 heavy (non-hydrogen) atoms. The summed E-state index contributed by atoms with van der Waals surface area (Å²) < 4.78 is 5.81. The molecule has 0 spiro atoms. The van der Waals surface area contributed by atoms with E-state index < -0.39 is 0 Å². The molecular weight excluding hydrogens is 186 g/mol. The molecule has 0 aromatic carbocycles. The van der Waals surface area contributed by atoms with E-state index >= 15 is 0 Å². The molecular formula is C13H27NO. The van der Waals surface area contributed by atoms with E-state index in [1.54, 1.807) is 0 Å². The SMILES string of the molecule is CCCCC(CC)COCC1CCCN1. The Bertz CT molecular complexity index is 143. The molecule has 1 rings (SSSR count). The van der Waals surface area contributed by atoms with E-state index in [1.807, 2.05) is 0 Å². The Morgan fingerprint density at radius 1 is 1.40 bits per heavy atom. The molecule has 1 fully saturated rings. The van der Waals surface area contributed by atoms with Gasteiger partial charge < -0.3 is 10.1 Å². The first-order chi connectivity index (χ1) is 7.36. The van der Waals surface area contributed by atoms with Crippen LogP contribution in [0.5, 0.6) is 0 Å². The van der Waals surface area contributed by atoms with Crippen LogP contribution in [0.2, 0.25) is 0 Å². The van der Waals surface area contributed by atoms with Gasteiger partial charge in [0, 0.05) is 12.6 Å². The lowest BCUT2D eigenvalue weighted by molar-refractivity contribution is 0.0803. The summed E-state index contributed by atoms with van der Waals surface area (Å²) in [4.78, 5) is 0. The lowest BCUT2D eigenvalue weighted by atomic mass is 10.0. The molecule has 90 valence electrons. The molecule has 2 atom stereocenters. The summed E-state index contributed by atoms with van der Waals surface area (Å²) in [7, 11) is 0. The first-order valence-corrected chi connectivity index (χ1v) is 6.68. The van der Waals surface area contributed by atoms with Gasteiger partial charge in [-0.05, 0) is 31.7 Å². The highest BCUT2D eigenvalue weighted by Gasteiger charge is 2.14. The zero-order valence-corrected chi connectivity index (χ0v) is 10.4. The van der Waals surface area contributed by atoms with Gasteiger partial charge in [-0.15, -0.1) is 0 Å². The van der Waals surface area contributed by atoms with Crippen LogP contribution in [0.4, 0.5) is 0 Å². The minimum absolute atomic E-state index is 0.633. The Kier molecular flexibility index (Phi) is 7.03. The second-order valence-corrected chi connectivity index (χ2v) is 4.75. The van der Waals surface area contributed by atoms with Crippen molar-refractivity contribution in [2.45, 2.75) is 58.4 Å². The van der Waals surface area contributed by atoms with Crippen molar-refractivity contribution in [3.8, 4) is 0 Å². The Labute approximate surface area is 94.8 Å². The fourth-order valence-electron chi connectivity index (χ4n) is 2.17. The minimum Gasteiger partial charge on any atom is -0.380 e. The highest BCUT2D eigenvalue weighted by Crippen LogP contribution is 2.13. The van der Waals surface area contributed by atoms with E-state index in [0.717, 1.165) is 19.1 Å². The molecule has 1 aliphatic heterocycles. The fourth-order valence-corrected chi connectivity index (χ4v) is 2.17. The van der Waals surface area contributed by atoms with Gasteiger partial charge in [-0.3, -0.25) is 0 Å². The van der Waals surface area contributed by atoms with Gasteiger partial charge in [0.1, 0.15) is 0 Å². The molecule has 2 heteroatoms. The molecule has 2 nitrogen and oxygen atoms in total. The van der Waals surface area contributed by atoms with Crippen molar-refractivity contribution >= 4 is 0 Å². The molecule has 1 saturated heterocycles. The minimum atomic E-state index is 0.633. The van der Waals surface area contributed by atoms with Crippen LogP contribution in [0.3, 0.4) is 0 Å². The van der Waals surface area contributed by atoms with Crippen LogP contribution in [0, 0.1) is 5.92 Å². The maximum absolute atomic E-state index is 5.81. The van der Waals surface area contributed by atoms with Crippen LogP contribution in [-0.4, -0.2) is 25.8 Å². The molecule has 1 aliphatic rings. The summed E-state index contributed by atoms with van der Waals surface area (Å²) in [5.74, 6) is 0.784. The maximum atomic E-state index is 5.81. The largest absolute Gasteiger partial charge is 0.380 e. The zero-order chi connectivity index (χ0) is 10.9. The van der Waals surface area contributed by atoms with E-state index in [4.69, 9.17) is 4.74 Å². The average molecular weight is 213 g/mol. The Morgan fingerprint density at radius 2 is 2.27 bits per heavy atom. The van der Waals surface area contributed by atoms with Crippen LogP contribution in [0.1, 0.15) is 52.4 Å². The number of ether oxygens (including phenoxy) is 1. The monoisotopic (exact) mass is 213 g/mol. The normalized spacial score (nSPS) is 23.2. The number of rotatable bonds is 8. The van der Waals surface area contributed by atoms with Gasteiger partial charge in [0.15, 0.2) is 0 Å². The average Bonchev–Trinajstić information content (AvgIpc) is 2.76. The van der Waals surface area contributed by atoms with Crippen molar-refractivity contribution in [2.24, 2.45) is 5.92 Å². The molecule has 2 unspecified atom stereocenters. The Hall–Kier alpha value is -0.0800. The lowest BCUT2D eigenvalue weighted by Crippen LogP contribution is -2.27. The smallest absolute Gasteiger partial charge is 0.0619 e. The van der Waals surface area contributed by atoms with Crippen molar-refractivity contribution in [3.05, 3.63) is 0 Å². The highest BCUT2D eigenvalue weighted by atomic mass is 16.5. The predicted molar refractivity (Wildman–Crippen MR) is 65.1 cm³/mol. The topological polar surface area (TPSA) is 21.3 Å². The van der Waals surface area contributed by atoms with E-state index in [9.17, 15) is 0 Å². The second kappa shape index (κ2) is 8.12. The molecule has 0 aliphatic carbocycles. The van der Waals surface area contributed by atoms with Gasteiger partial charge in [-0.2, -0.15) is 0 Å². The van der Waals surface area contributed by atoms with Crippen LogP contribution < -0.4 is 5.32 Å². The Morgan fingerprint density at radius 3 is 2.87 bits per heavy atom. The molecule has 0 amide bonds. The molecule has 1 N–H and O–H groups in total. The van der Waals surface area contributed by atoms with Crippen molar-refractivity contribution in [1.82, 2.24) is 5.32 Å². The molecule has 0 aromatic heterocycles. The van der Waals surface area contributed by atoms with Crippen LogP contribution >= 0.6 is 0 Å². The van der Waals surface area contributed by atoms with Gasteiger partial charge in [-0.1, -0.05) is 33.1 Å². The van der Waals surface area contributed by atoms with E-state index in [2.05, 4.69) is 19.2 Å². The molecule has 0 bridgehead atoms. The third kappa shape index (κ3) is 5.53. The summed E-state index contributed by atoms with van der Waals surface area (Å²) >= 11 is 0. The first-order valence-electron chi connectivity index (χ1n) is 6.68. The van der Waals surface area contributed by atoms with Crippen molar-refractivity contribution in [2.75, 3.05) is 19.8 Å². The summed E-state index contributed by atoms with van der Waals surface area (Å²) in [6.07, 6.45) is 7.88. The van der Waals surface area contributed by atoms with Crippen molar-refractivity contribution in [1.29, 1.82) is 0 Å². The van der Waals surface area contributed by atoms with Gasteiger partial charge in [0.2, 0.25) is 0 Å². The quantitative estimate of drug-likeness (QED) is 0.669. The zero-order valence-electron chi connectivity index (χ0n) is 10.4.